The van der Waals surface area contributed by atoms with E-state index in [1.807, 2.05) is 27.7 Å². The van der Waals surface area contributed by atoms with Crippen LogP contribution in [0.5, 0.6) is 0 Å². The number of hydrogen-bond acceptors (Lipinski definition) is 4. The Labute approximate surface area is 132 Å². The first kappa shape index (κ1) is 18.0. The van der Waals surface area contributed by atoms with Crippen LogP contribution in [0.4, 0.5) is 4.79 Å². The molecule has 1 rings (SSSR count). The van der Waals surface area contributed by atoms with E-state index in [9.17, 15) is 4.79 Å². The Hall–Kier alpha value is -1.07. The number of nitrogens with zero attached hydrogens (tertiary/aromatic N) is 1. The van der Waals surface area contributed by atoms with Crippen molar-refractivity contribution in [2.75, 3.05) is 19.6 Å². The van der Waals surface area contributed by atoms with Gasteiger partial charge in [0.05, 0.1) is 0 Å². The number of aryl methyl sites for hydroxylation is 1. The molecule has 0 bridgehead atoms. The molecule has 0 fully saturated rings. The highest BCUT2D eigenvalue weighted by molar-refractivity contribution is 7.12. The summed E-state index contributed by atoms with van der Waals surface area (Å²) in [4.78, 5) is 16.4. The third-order valence-corrected chi connectivity index (χ3v) is 4.24. The summed E-state index contributed by atoms with van der Waals surface area (Å²) in [6.45, 7) is 14.0. The molecule has 1 atom stereocenters. The molecule has 0 spiro atoms. The molecule has 0 radical (unpaired) electrons. The van der Waals surface area contributed by atoms with E-state index in [2.05, 4.69) is 31.3 Å². The van der Waals surface area contributed by atoms with Gasteiger partial charge in [0.15, 0.2) is 0 Å². The van der Waals surface area contributed by atoms with Crippen molar-refractivity contribution < 1.29 is 9.53 Å². The van der Waals surface area contributed by atoms with Gasteiger partial charge in [0, 0.05) is 35.4 Å². The smallest absolute Gasteiger partial charge is 0.410 e. The molecule has 0 aromatic carbocycles. The number of thiophene rings is 1. The Bertz CT molecular complexity index is 451. The molecule has 0 saturated carbocycles. The molecule has 4 nitrogen and oxygen atoms in total. The largest absolute Gasteiger partial charge is 0.444 e. The topological polar surface area (TPSA) is 41.6 Å². The lowest BCUT2D eigenvalue weighted by Crippen LogP contribution is -2.40. The standard InChI is InChI=1S/C16H28N2O2S/c1-7-18(15(19)20-16(4,5)6)11-10-17-13(3)14-9-8-12(2)21-14/h8-9,13,17H,7,10-11H2,1-6H3. The number of amides is 1. The van der Waals surface area contributed by atoms with Crippen molar-refractivity contribution in [3.8, 4) is 0 Å². The Morgan fingerprint density at radius 1 is 1.43 bits per heavy atom. The van der Waals surface area contributed by atoms with Crippen LogP contribution in [0.1, 0.15) is 50.4 Å². The van der Waals surface area contributed by atoms with Gasteiger partial charge in [0.1, 0.15) is 5.60 Å². The average molecular weight is 312 g/mol. The number of carbonyl (C=O) groups excluding carboxylic acids is 1. The van der Waals surface area contributed by atoms with Gasteiger partial charge in [-0.2, -0.15) is 0 Å². The maximum atomic E-state index is 12.0. The van der Waals surface area contributed by atoms with Crippen LogP contribution in [0.3, 0.4) is 0 Å². The van der Waals surface area contributed by atoms with Crippen molar-refractivity contribution in [2.24, 2.45) is 0 Å². The first-order valence-corrected chi connectivity index (χ1v) is 8.32. The minimum atomic E-state index is -0.445. The first-order chi connectivity index (χ1) is 9.73. The Kier molecular flexibility index (Phi) is 6.68. The zero-order chi connectivity index (χ0) is 16.0. The summed E-state index contributed by atoms with van der Waals surface area (Å²) in [7, 11) is 0. The van der Waals surface area contributed by atoms with E-state index in [0.29, 0.717) is 19.1 Å². The highest BCUT2D eigenvalue weighted by Crippen LogP contribution is 2.22. The fraction of sp³-hybridized carbons (Fsp3) is 0.688. The van der Waals surface area contributed by atoms with Crippen LogP contribution in [-0.4, -0.2) is 36.2 Å². The van der Waals surface area contributed by atoms with Crippen LogP contribution < -0.4 is 5.32 Å². The summed E-state index contributed by atoms with van der Waals surface area (Å²) in [5, 5.41) is 3.46. The quantitative estimate of drug-likeness (QED) is 0.864. The summed E-state index contributed by atoms with van der Waals surface area (Å²) in [5.74, 6) is 0. The number of rotatable bonds is 6. The van der Waals surface area contributed by atoms with Gasteiger partial charge in [-0.15, -0.1) is 11.3 Å². The van der Waals surface area contributed by atoms with Crippen molar-refractivity contribution in [1.29, 1.82) is 0 Å². The Balaban J connectivity index is 2.40. The van der Waals surface area contributed by atoms with Crippen molar-refractivity contribution in [3.63, 3.8) is 0 Å². The van der Waals surface area contributed by atoms with E-state index in [-0.39, 0.29) is 6.09 Å². The van der Waals surface area contributed by atoms with E-state index in [1.54, 1.807) is 16.2 Å². The molecule has 1 amide bonds. The fourth-order valence-electron chi connectivity index (χ4n) is 1.91. The van der Waals surface area contributed by atoms with Crippen molar-refractivity contribution in [2.45, 2.75) is 53.2 Å². The molecule has 0 aliphatic carbocycles. The lowest BCUT2D eigenvalue weighted by Gasteiger charge is -2.27. The van der Waals surface area contributed by atoms with Gasteiger partial charge >= 0.3 is 6.09 Å². The number of ether oxygens (including phenoxy) is 1. The van der Waals surface area contributed by atoms with E-state index in [4.69, 9.17) is 4.74 Å². The maximum absolute atomic E-state index is 12.0. The monoisotopic (exact) mass is 312 g/mol. The number of nitrogens with one attached hydrogen (secondary N) is 1. The molecule has 0 aliphatic rings. The van der Waals surface area contributed by atoms with Gasteiger partial charge in [0.2, 0.25) is 0 Å². The van der Waals surface area contributed by atoms with Gasteiger partial charge in [-0.1, -0.05) is 0 Å². The van der Waals surface area contributed by atoms with Crippen molar-refractivity contribution >= 4 is 17.4 Å². The number of hydrogen-bond donors (Lipinski definition) is 1. The second-order valence-corrected chi connectivity index (χ2v) is 7.50. The van der Waals surface area contributed by atoms with Crippen LogP contribution in [-0.2, 0) is 4.74 Å². The number of likely N-dealkylation sites (N-methyl/N-ethyl adjacent to an activating group) is 1. The Morgan fingerprint density at radius 3 is 2.57 bits per heavy atom. The molecule has 1 N–H and O–H groups in total. The lowest BCUT2D eigenvalue weighted by atomic mass is 10.2. The predicted molar refractivity (Wildman–Crippen MR) is 89.0 cm³/mol. The van der Waals surface area contributed by atoms with Crippen LogP contribution in [0, 0.1) is 6.92 Å². The third-order valence-electron chi connectivity index (χ3n) is 3.05. The molecule has 21 heavy (non-hydrogen) atoms. The van der Waals surface area contributed by atoms with Gasteiger partial charge in [-0.25, -0.2) is 4.79 Å². The van der Waals surface area contributed by atoms with Gasteiger partial charge < -0.3 is 15.0 Å². The minimum Gasteiger partial charge on any atom is -0.444 e. The fourth-order valence-corrected chi connectivity index (χ4v) is 2.81. The van der Waals surface area contributed by atoms with E-state index < -0.39 is 5.60 Å². The SMILES string of the molecule is CCN(CCNC(C)c1ccc(C)s1)C(=O)OC(C)(C)C. The zero-order valence-electron chi connectivity index (χ0n) is 14.0. The predicted octanol–water partition coefficient (Wildman–Crippen LogP) is 3.96. The summed E-state index contributed by atoms with van der Waals surface area (Å²) < 4.78 is 5.40. The van der Waals surface area contributed by atoms with Crippen LogP contribution in [0.25, 0.3) is 0 Å². The Morgan fingerprint density at radius 2 is 2.10 bits per heavy atom. The molecule has 1 heterocycles. The molecule has 1 aromatic rings. The summed E-state index contributed by atoms with van der Waals surface area (Å²) in [5.41, 5.74) is -0.445. The van der Waals surface area contributed by atoms with Crippen molar-refractivity contribution in [1.82, 2.24) is 10.2 Å². The molecule has 0 aliphatic heterocycles. The highest BCUT2D eigenvalue weighted by Gasteiger charge is 2.20. The first-order valence-electron chi connectivity index (χ1n) is 7.50. The highest BCUT2D eigenvalue weighted by atomic mass is 32.1. The van der Waals surface area contributed by atoms with E-state index in [0.717, 1.165) is 6.54 Å². The van der Waals surface area contributed by atoms with Crippen LogP contribution in [0.15, 0.2) is 12.1 Å². The van der Waals surface area contributed by atoms with Gasteiger partial charge in [-0.3, -0.25) is 0 Å². The second-order valence-electron chi connectivity index (χ2n) is 6.18. The average Bonchev–Trinajstić information content (AvgIpc) is 2.79. The zero-order valence-corrected chi connectivity index (χ0v) is 14.8. The maximum Gasteiger partial charge on any atom is 0.410 e. The molecular weight excluding hydrogens is 284 g/mol. The summed E-state index contributed by atoms with van der Waals surface area (Å²) >= 11 is 1.81. The minimum absolute atomic E-state index is 0.244. The van der Waals surface area contributed by atoms with Gasteiger partial charge in [-0.05, 0) is 53.7 Å². The summed E-state index contributed by atoms with van der Waals surface area (Å²) in [6.07, 6.45) is -0.244. The summed E-state index contributed by atoms with van der Waals surface area (Å²) in [6, 6.07) is 4.60. The molecule has 1 unspecified atom stereocenters. The van der Waals surface area contributed by atoms with Gasteiger partial charge in [0.25, 0.3) is 0 Å². The second kappa shape index (κ2) is 7.80. The normalized spacial score (nSPS) is 13.0. The molecule has 5 heteroatoms. The van der Waals surface area contributed by atoms with E-state index >= 15 is 0 Å². The molecule has 1 aromatic heterocycles. The molecular formula is C16H28N2O2S. The molecule has 0 saturated heterocycles. The van der Waals surface area contributed by atoms with Crippen LogP contribution in [0.2, 0.25) is 0 Å². The lowest BCUT2D eigenvalue weighted by molar-refractivity contribution is 0.0261. The molecule has 120 valence electrons. The number of carbonyl (C=O) groups is 1. The third kappa shape index (κ3) is 6.48. The van der Waals surface area contributed by atoms with E-state index in [1.165, 1.54) is 9.75 Å². The van der Waals surface area contributed by atoms with Crippen molar-refractivity contribution in [3.05, 3.63) is 21.9 Å². The van der Waals surface area contributed by atoms with Crippen LogP contribution >= 0.6 is 11.3 Å².